The van der Waals surface area contributed by atoms with E-state index in [1.54, 1.807) is 36.7 Å². The van der Waals surface area contributed by atoms with Crippen LogP contribution in [-0.2, 0) is 16.0 Å². The molecule has 0 aliphatic carbocycles. The Kier molecular flexibility index (Phi) is 6.75. The molecule has 2 aliphatic heterocycles. The van der Waals surface area contributed by atoms with Crippen molar-refractivity contribution in [2.75, 3.05) is 19.6 Å². The van der Waals surface area contributed by atoms with Gasteiger partial charge in [0.05, 0.1) is 0 Å². The van der Waals surface area contributed by atoms with Gasteiger partial charge in [-0.1, -0.05) is 24.3 Å². The van der Waals surface area contributed by atoms with Gasteiger partial charge in [-0.15, -0.1) is 0 Å². The number of aromatic nitrogens is 1. The molecule has 6 heteroatoms. The Morgan fingerprint density at radius 2 is 2.00 bits per heavy atom. The van der Waals surface area contributed by atoms with Gasteiger partial charge in [0.25, 0.3) is 0 Å². The van der Waals surface area contributed by atoms with E-state index in [0.29, 0.717) is 37.4 Å². The fourth-order valence-corrected chi connectivity index (χ4v) is 4.73. The highest BCUT2D eigenvalue weighted by atomic mass is 19.1. The first kappa shape index (κ1) is 21.2. The fraction of sp³-hybridized carbons (Fsp3) is 0.400. The van der Waals surface area contributed by atoms with Crippen molar-refractivity contribution in [2.45, 2.75) is 38.1 Å². The van der Waals surface area contributed by atoms with E-state index in [9.17, 15) is 14.0 Å². The molecule has 1 aromatic carbocycles. The molecule has 4 rings (SSSR count). The summed E-state index contributed by atoms with van der Waals surface area (Å²) in [6.45, 7) is 2.10. The van der Waals surface area contributed by atoms with Crippen LogP contribution in [0.1, 0.15) is 36.8 Å². The summed E-state index contributed by atoms with van der Waals surface area (Å²) in [4.78, 5) is 33.6. The molecule has 162 valence electrons. The van der Waals surface area contributed by atoms with Crippen molar-refractivity contribution < 1.29 is 14.0 Å². The molecular weight excluding hydrogens is 393 g/mol. The van der Waals surface area contributed by atoms with Gasteiger partial charge in [-0.2, -0.15) is 0 Å². The Morgan fingerprint density at radius 3 is 2.81 bits per heavy atom. The lowest BCUT2D eigenvalue weighted by atomic mass is 9.83. The lowest BCUT2D eigenvalue weighted by molar-refractivity contribution is -0.138. The maximum Gasteiger partial charge on any atom is 0.246 e. The molecule has 0 radical (unpaired) electrons. The van der Waals surface area contributed by atoms with Gasteiger partial charge < -0.3 is 9.80 Å². The number of hydrogen-bond acceptors (Lipinski definition) is 3. The Hall–Kier alpha value is -3.02. The van der Waals surface area contributed by atoms with Gasteiger partial charge in [0, 0.05) is 56.1 Å². The molecule has 2 amide bonds. The van der Waals surface area contributed by atoms with Crippen molar-refractivity contribution in [1.82, 2.24) is 14.8 Å². The third-order valence-corrected chi connectivity index (χ3v) is 6.36. The lowest BCUT2D eigenvalue weighted by Gasteiger charge is -2.47. The minimum atomic E-state index is -0.332. The summed E-state index contributed by atoms with van der Waals surface area (Å²) in [5.41, 5.74) is 1.49. The van der Waals surface area contributed by atoms with E-state index in [0.717, 1.165) is 31.4 Å². The summed E-state index contributed by atoms with van der Waals surface area (Å²) in [5, 5.41) is 0. The standard InChI is InChI=1S/C25H28FN3O2/c26-22-8-2-1-6-20(22)10-12-25(31)29-15-4-7-21-18-28(16-13-23(21)29)24(30)11-9-19-5-3-14-27-17-19/h1-3,5-6,8,10,12,14,17,21,23H,4,7,9,11,13,15-16,18H2/b12-10+/t21-,23+/m1/s1. The van der Waals surface area contributed by atoms with E-state index >= 15 is 0 Å². The molecule has 2 atom stereocenters. The van der Waals surface area contributed by atoms with E-state index in [1.807, 2.05) is 21.9 Å². The van der Waals surface area contributed by atoms with E-state index in [1.165, 1.54) is 12.1 Å². The van der Waals surface area contributed by atoms with Crippen molar-refractivity contribution in [3.8, 4) is 0 Å². The number of likely N-dealkylation sites (tertiary alicyclic amines) is 2. The van der Waals surface area contributed by atoms with Gasteiger partial charge in [0.15, 0.2) is 0 Å². The molecule has 2 saturated heterocycles. The summed E-state index contributed by atoms with van der Waals surface area (Å²) >= 11 is 0. The minimum Gasteiger partial charge on any atom is -0.342 e. The third kappa shape index (κ3) is 5.19. The van der Waals surface area contributed by atoms with Gasteiger partial charge in [0.1, 0.15) is 5.82 Å². The first-order chi connectivity index (χ1) is 15.1. The number of fused-ring (bicyclic) bond motifs is 1. The number of nitrogens with zero attached hydrogens (tertiary/aromatic N) is 3. The monoisotopic (exact) mass is 421 g/mol. The van der Waals surface area contributed by atoms with E-state index in [-0.39, 0.29) is 23.7 Å². The van der Waals surface area contributed by atoms with Crippen LogP contribution >= 0.6 is 0 Å². The zero-order valence-electron chi connectivity index (χ0n) is 17.6. The zero-order chi connectivity index (χ0) is 21.6. The molecule has 0 saturated carbocycles. The van der Waals surface area contributed by atoms with E-state index < -0.39 is 0 Å². The van der Waals surface area contributed by atoms with Gasteiger partial charge in [0.2, 0.25) is 11.8 Å². The van der Waals surface area contributed by atoms with Crippen LogP contribution in [0.25, 0.3) is 6.08 Å². The van der Waals surface area contributed by atoms with Crippen LogP contribution in [0.15, 0.2) is 54.9 Å². The number of piperidine rings is 2. The van der Waals surface area contributed by atoms with E-state index in [4.69, 9.17) is 0 Å². The molecule has 0 spiro atoms. The average Bonchev–Trinajstić information content (AvgIpc) is 2.81. The van der Waals surface area contributed by atoms with E-state index in [2.05, 4.69) is 4.98 Å². The highest BCUT2D eigenvalue weighted by molar-refractivity contribution is 5.92. The SMILES string of the molecule is O=C(CCc1cccnc1)N1CC[C@H]2[C@H](CCCN2C(=O)/C=C/c2ccccc2F)C1. The summed E-state index contributed by atoms with van der Waals surface area (Å²) in [7, 11) is 0. The molecule has 2 aliphatic rings. The summed E-state index contributed by atoms with van der Waals surface area (Å²) in [6.07, 6.45) is 10.5. The van der Waals surface area contributed by atoms with Crippen LogP contribution < -0.4 is 0 Å². The van der Waals surface area contributed by atoms with Gasteiger partial charge in [-0.05, 0) is 55.4 Å². The van der Waals surface area contributed by atoms with Crippen molar-refractivity contribution >= 4 is 17.9 Å². The summed E-state index contributed by atoms with van der Waals surface area (Å²) in [6, 6.07) is 10.5. The number of pyridine rings is 1. The highest BCUT2D eigenvalue weighted by Crippen LogP contribution is 2.31. The quantitative estimate of drug-likeness (QED) is 0.692. The van der Waals surface area contributed by atoms with Crippen LogP contribution in [0.4, 0.5) is 4.39 Å². The molecule has 2 fully saturated rings. The van der Waals surface area contributed by atoms with Gasteiger partial charge in [-0.3, -0.25) is 14.6 Å². The number of benzene rings is 1. The Labute approximate surface area is 182 Å². The molecule has 3 heterocycles. The number of halogens is 1. The Balaban J connectivity index is 1.34. The number of aryl methyl sites for hydroxylation is 1. The topological polar surface area (TPSA) is 53.5 Å². The van der Waals surface area contributed by atoms with Crippen LogP contribution in [0.2, 0.25) is 0 Å². The molecule has 1 aromatic heterocycles. The average molecular weight is 422 g/mol. The molecule has 2 aromatic rings. The minimum absolute atomic E-state index is 0.0747. The number of amides is 2. The van der Waals surface area contributed by atoms with Gasteiger partial charge >= 0.3 is 0 Å². The highest BCUT2D eigenvalue weighted by Gasteiger charge is 2.38. The number of carbonyl (C=O) groups excluding carboxylic acids is 2. The lowest BCUT2D eigenvalue weighted by Crippen LogP contribution is -2.56. The van der Waals surface area contributed by atoms with Crippen molar-refractivity contribution in [1.29, 1.82) is 0 Å². The zero-order valence-corrected chi connectivity index (χ0v) is 17.6. The maximum absolute atomic E-state index is 13.8. The fourth-order valence-electron chi connectivity index (χ4n) is 4.73. The molecular formula is C25H28FN3O2. The van der Waals surface area contributed by atoms with Gasteiger partial charge in [-0.25, -0.2) is 4.39 Å². The Bertz CT molecular complexity index is 947. The normalized spacial score (nSPS) is 21.2. The predicted molar refractivity (Wildman–Crippen MR) is 117 cm³/mol. The smallest absolute Gasteiger partial charge is 0.246 e. The van der Waals surface area contributed by atoms with Crippen molar-refractivity contribution in [3.05, 3.63) is 71.8 Å². The maximum atomic E-state index is 13.8. The van der Waals surface area contributed by atoms with Crippen molar-refractivity contribution in [3.63, 3.8) is 0 Å². The number of hydrogen-bond donors (Lipinski definition) is 0. The molecule has 0 bridgehead atoms. The van der Waals surface area contributed by atoms with Crippen molar-refractivity contribution in [2.24, 2.45) is 5.92 Å². The predicted octanol–water partition coefficient (Wildman–Crippen LogP) is 3.71. The van der Waals surface area contributed by atoms with Crippen LogP contribution in [0, 0.1) is 11.7 Å². The summed E-state index contributed by atoms with van der Waals surface area (Å²) in [5.74, 6) is 0.0661. The summed E-state index contributed by atoms with van der Waals surface area (Å²) < 4.78 is 13.8. The second-order valence-electron chi connectivity index (χ2n) is 8.35. The molecule has 5 nitrogen and oxygen atoms in total. The first-order valence-corrected chi connectivity index (χ1v) is 11.0. The number of carbonyl (C=O) groups is 2. The largest absolute Gasteiger partial charge is 0.342 e. The Morgan fingerprint density at radius 1 is 1.13 bits per heavy atom. The van der Waals surface area contributed by atoms with Crippen LogP contribution in [0.3, 0.4) is 0 Å². The second kappa shape index (κ2) is 9.86. The number of rotatable bonds is 5. The van der Waals surface area contributed by atoms with Crippen LogP contribution in [0.5, 0.6) is 0 Å². The third-order valence-electron chi connectivity index (χ3n) is 6.36. The van der Waals surface area contributed by atoms with Crippen LogP contribution in [-0.4, -0.2) is 52.3 Å². The molecule has 0 N–H and O–H groups in total. The second-order valence-corrected chi connectivity index (χ2v) is 8.35. The molecule has 0 unspecified atom stereocenters. The first-order valence-electron chi connectivity index (χ1n) is 11.0. The molecule has 31 heavy (non-hydrogen) atoms.